The van der Waals surface area contributed by atoms with Gasteiger partial charge in [0.15, 0.2) is 0 Å². The number of ether oxygens (including phenoxy) is 1. The number of nitrogens with one attached hydrogen (secondary N) is 1. The minimum absolute atomic E-state index is 0.0660. The van der Waals surface area contributed by atoms with Crippen molar-refractivity contribution in [3.63, 3.8) is 0 Å². The lowest BCUT2D eigenvalue weighted by atomic mass is 10.1. The number of rotatable bonds is 5. The van der Waals surface area contributed by atoms with Gasteiger partial charge in [-0.3, -0.25) is 4.79 Å². The largest absolute Gasteiger partial charge is 0.465 e. The molecule has 0 saturated carbocycles. The van der Waals surface area contributed by atoms with Crippen molar-refractivity contribution in [2.45, 2.75) is 49.7 Å². The van der Waals surface area contributed by atoms with Crippen LogP contribution in [0.25, 0.3) is 0 Å². The van der Waals surface area contributed by atoms with Crippen LogP contribution >= 0.6 is 11.8 Å². The van der Waals surface area contributed by atoms with Crippen molar-refractivity contribution in [1.29, 1.82) is 0 Å². The van der Waals surface area contributed by atoms with Gasteiger partial charge >= 0.3 is 5.97 Å². The summed E-state index contributed by atoms with van der Waals surface area (Å²) in [5, 5.41) is 15.4. The quantitative estimate of drug-likeness (QED) is 0.787. The zero-order valence-electron chi connectivity index (χ0n) is 11.4. The number of esters is 1. The van der Waals surface area contributed by atoms with Crippen molar-refractivity contribution in [3.8, 4) is 0 Å². The molecule has 0 aliphatic carbocycles. The zero-order valence-corrected chi connectivity index (χ0v) is 12.2. The van der Waals surface area contributed by atoms with Crippen LogP contribution in [0.5, 0.6) is 0 Å². The number of hydrogen-bond donors (Lipinski definition) is 1. The molecule has 1 aromatic rings. The lowest BCUT2D eigenvalue weighted by molar-refractivity contribution is -0.137. The standard InChI is InChI=1S/C11H19N5O2S/c1-11(2,3)12-5-6-16-10(13-14-15-16)19-8-4-7-18-9(8)17/h8,12H,4-7H2,1-3H3. The van der Waals surface area contributed by atoms with Gasteiger partial charge in [-0.05, 0) is 31.2 Å². The number of tetrazole rings is 1. The van der Waals surface area contributed by atoms with Crippen LogP contribution in [0.1, 0.15) is 27.2 Å². The summed E-state index contributed by atoms with van der Waals surface area (Å²) >= 11 is 1.38. The van der Waals surface area contributed by atoms with E-state index in [1.54, 1.807) is 4.68 Å². The lowest BCUT2D eigenvalue weighted by Gasteiger charge is -2.20. The summed E-state index contributed by atoms with van der Waals surface area (Å²) < 4.78 is 6.65. The van der Waals surface area contributed by atoms with Gasteiger partial charge in [0.1, 0.15) is 5.25 Å². The van der Waals surface area contributed by atoms with E-state index in [4.69, 9.17) is 4.74 Å². The van der Waals surface area contributed by atoms with Crippen molar-refractivity contribution in [3.05, 3.63) is 0 Å². The van der Waals surface area contributed by atoms with E-state index in [-0.39, 0.29) is 16.8 Å². The highest BCUT2D eigenvalue weighted by Crippen LogP contribution is 2.27. The minimum atomic E-state index is -0.180. The maximum Gasteiger partial charge on any atom is 0.319 e. The Morgan fingerprint density at radius 2 is 2.32 bits per heavy atom. The highest BCUT2D eigenvalue weighted by molar-refractivity contribution is 8.00. The predicted molar refractivity (Wildman–Crippen MR) is 70.8 cm³/mol. The molecule has 1 aliphatic rings. The van der Waals surface area contributed by atoms with Gasteiger partial charge in [-0.2, -0.15) is 0 Å². The van der Waals surface area contributed by atoms with Gasteiger partial charge in [0.25, 0.3) is 0 Å². The summed E-state index contributed by atoms with van der Waals surface area (Å²) in [6.45, 7) is 8.26. The van der Waals surface area contributed by atoms with E-state index < -0.39 is 0 Å². The molecular formula is C11H19N5O2S. The molecule has 7 nitrogen and oxygen atoms in total. The fourth-order valence-electron chi connectivity index (χ4n) is 1.67. The Balaban J connectivity index is 1.88. The maximum atomic E-state index is 11.4. The summed E-state index contributed by atoms with van der Waals surface area (Å²) in [6, 6.07) is 0. The second-order valence-corrected chi connectivity index (χ2v) is 6.59. The third kappa shape index (κ3) is 4.17. The molecule has 2 heterocycles. The van der Waals surface area contributed by atoms with Gasteiger partial charge in [0, 0.05) is 18.5 Å². The van der Waals surface area contributed by atoms with Gasteiger partial charge in [0.2, 0.25) is 5.16 Å². The molecule has 0 spiro atoms. The first-order valence-corrected chi connectivity index (χ1v) is 7.18. The average Bonchev–Trinajstić information content (AvgIpc) is 2.89. The summed E-state index contributed by atoms with van der Waals surface area (Å²) in [7, 11) is 0. The van der Waals surface area contributed by atoms with Crippen LogP contribution in [0.4, 0.5) is 0 Å². The van der Waals surface area contributed by atoms with Gasteiger partial charge in [-0.25, -0.2) is 4.68 Å². The third-order valence-corrected chi connectivity index (χ3v) is 3.83. The highest BCUT2D eigenvalue weighted by Gasteiger charge is 2.29. The number of nitrogens with zero attached hydrogens (tertiary/aromatic N) is 4. The monoisotopic (exact) mass is 285 g/mol. The highest BCUT2D eigenvalue weighted by atomic mass is 32.2. The van der Waals surface area contributed by atoms with Gasteiger partial charge in [-0.1, -0.05) is 11.8 Å². The summed E-state index contributed by atoms with van der Waals surface area (Å²) in [6.07, 6.45) is 0.719. The number of carbonyl (C=O) groups is 1. The number of hydrogen-bond acceptors (Lipinski definition) is 7. The topological polar surface area (TPSA) is 81.9 Å². The Bertz CT molecular complexity index is 443. The first kappa shape index (κ1) is 14.3. The average molecular weight is 285 g/mol. The van der Waals surface area contributed by atoms with Crippen molar-refractivity contribution in [1.82, 2.24) is 25.5 Å². The van der Waals surface area contributed by atoms with Gasteiger partial charge in [0.05, 0.1) is 13.2 Å². The fraction of sp³-hybridized carbons (Fsp3) is 0.818. The molecule has 1 fully saturated rings. The molecule has 0 bridgehead atoms. The van der Waals surface area contributed by atoms with Crippen molar-refractivity contribution in [2.75, 3.05) is 13.2 Å². The molecule has 0 amide bonds. The molecule has 1 N–H and O–H groups in total. The van der Waals surface area contributed by atoms with Gasteiger partial charge in [-0.15, -0.1) is 5.10 Å². The maximum absolute atomic E-state index is 11.4. The van der Waals surface area contributed by atoms with Crippen LogP contribution in [0.3, 0.4) is 0 Å². The van der Waals surface area contributed by atoms with Gasteiger partial charge < -0.3 is 10.1 Å². The molecule has 106 valence electrons. The van der Waals surface area contributed by atoms with Crippen LogP contribution in [-0.4, -0.2) is 50.1 Å². The summed E-state index contributed by atoms with van der Waals surface area (Å²) in [5.41, 5.74) is 0.0660. The normalized spacial score (nSPS) is 19.7. The Morgan fingerprint density at radius 1 is 1.53 bits per heavy atom. The summed E-state index contributed by atoms with van der Waals surface area (Å²) in [4.78, 5) is 11.4. The minimum Gasteiger partial charge on any atom is -0.465 e. The molecule has 0 aromatic carbocycles. The van der Waals surface area contributed by atoms with E-state index in [1.807, 2.05) is 0 Å². The predicted octanol–water partition coefficient (Wildman–Crippen LogP) is 0.469. The molecule has 1 atom stereocenters. The summed E-state index contributed by atoms with van der Waals surface area (Å²) in [5.74, 6) is -0.174. The van der Waals surface area contributed by atoms with Crippen LogP contribution in [-0.2, 0) is 16.1 Å². The van der Waals surface area contributed by atoms with E-state index in [0.717, 1.165) is 13.0 Å². The van der Waals surface area contributed by atoms with E-state index in [0.29, 0.717) is 18.3 Å². The van der Waals surface area contributed by atoms with E-state index >= 15 is 0 Å². The van der Waals surface area contributed by atoms with E-state index in [1.165, 1.54) is 11.8 Å². The molecule has 19 heavy (non-hydrogen) atoms. The Morgan fingerprint density at radius 3 is 2.95 bits per heavy atom. The Labute approximate surface area is 116 Å². The molecule has 1 aliphatic heterocycles. The van der Waals surface area contributed by atoms with Crippen LogP contribution in [0.15, 0.2) is 5.16 Å². The molecule has 0 radical (unpaired) electrons. The zero-order chi connectivity index (χ0) is 13.9. The molecule has 1 saturated heterocycles. The van der Waals surface area contributed by atoms with E-state index in [2.05, 4.69) is 41.6 Å². The second-order valence-electron chi connectivity index (χ2n) is 5.42. The first-order chi connectivity index (χ1) is 8.96. The SMILES string of the molecule is CC(C)(C)NCCn1nnnc1SC1CCOC1=O. The van der Waals surface area contributed by atoms with Crippen LogP contribution < -0.4 is 5.32 Å². The van der Waals surface area contributed by atoms with Crippen molar-refractivity contribution in [2.24, 2.45) is 0 Å². The fourth-order valence-corrected chi connectivity index (χ4v) is 2.64. The lowest BCUT2D eigenvalue weighted by Crippen LogP contribution is -2.38. The van der Waals surface area contributed by atoms with Crippen molar-refractivity contribution < 1.29 is 9.53 Å². The van der Waals surface area contributed by atoms with Crippen LogP contribution in [0.2, 0.25) is 0 Å². The Hall–Kier alpha value is -1.15. The molecule has 8 heteroatoms. The molecule has 2 rings (SSSR count). The molecule has 1 unspecified atom stereocenters. The second kappa shape index (κ2) is 5.87. The number of aromatic nitrogens is 4. The van der Waals surface area contributed by atoms with Crippen LogP contribution in [0, 0.1) is 0 Å². The molecular weight excluding hydrogens is 266 g/mol. The smallest absolute Gasteiger partial charge is 0.319 e. The first-order valence-electron chi connectivity index (χ1n) is 6.30. The number of carbonyl (C=O) groups excluding carboxylic acids is 1. The van der Waals surface area contributed by atoms with Crippen molar-refractivity contribution >= 4 is 17.7 Å². The Kier molecular flexibility index (Phi) is 4.41. The number of cyclic esters (lactones) is 1. The number of thioether (sulfide) groups is 1. The molecule has 1 aromatic heterocycles. The third-order valence-electron chi connectivity index (χ3n) is 2.61. The van der Waals surface area contributed by atoms with E-state index in [9.17, 15) is 4.79 Å².